The van der Waals surface area contributed by atoms with Crippen molar-refractivity contribution in [1.82, 2.24) is 16.0 Å². The lowest BCUT2D eigenvalue weighted by Gasteiger charge is -2.18. The number of guanidine groups is 1. The zero-order valence-electron chi connectivity index (χ0n) is 15.8. The molecule has 6 nitrogen and oxygen atoms in total. The summed E-state index contributed by atoms with van der Waals surface area (Å²) in [6.07, 6.45) is 3.63. The molecule has 7 heteroatoms. The van der Waals surface area contributed by atoms with Gasteiger partial charge in [-0.3, -0.25) is 9.79 Å². The highest BCUT2D eigenvalue weighted by molar-refractivity contribution is 9.10. The van der Waals surface area contributed by atoms with E-state index in [-0.39, 0.29) is 12.5 Å². The number of hydrogen-bond acceptors (Lipinski definition) is 3. The average molecular weight is 435 g/mol. The third kappa shape index (κ3) is 7.86. The van der Waals surface area contributed by atoms with Gasteiger partial charge in [0.25, 0.3) is 0 Å². The maximum atomic E-state index is 11.9. The second-order valence-corrected chi connectivity index (χ2v) is 7.19. The van der Waals surface area contributed by atoms with Gasteiger partial charge in [0.1, 0.15) is 5.76 Å². The van der Waals surface area contributed by atoms with E-state index in [1.165, 1.54) is 5.56 Å². The molecule has 1 atom stereocenters. The summed E-state index contributed by atoms with van der Waals surface area (Å²) in [4.78, 5) is 16.1. The Labute approximate surface area is 169 Å². The molecule has 0 saturated carbocycles. The van der Waals surface area contributed by atoms with Crippen molar-refractivity contribution in [3.63, 3.8) is 0 Å². The molecular weight excluding hydrogens is 408 g/mol. The Morgan fingerprint density at radius 3 is 2.74 bits per heavy atom. The van der Waals surface area contributed by atoms with E-state index in [4.69, 9.17) is 4.42 Å². The van der Waals surface area contributed by atoms with Crippen LogP contribution in [0.5, 0.6) is 0 Å². The van der Waals surface area contributed by atoms with Gasteiger partial charge in [-0.2, -0.15) is 0 Å². The zero-order valence-corrected chi connectivity index (χ0v) is 17.4. The van der Waals surface area contributed by atoms with Crippen molar-refractivity contribution in [2.75, 3.05) is 20.1 Å². The fourth-order valence-corrected chi connectivity index (χ4v) is 3.09. The van der Waals surface area contributed by atoms with Crippen molar-refractivity contribution in [1.29, 1.82) is 0 Å². The molecule has 0 spiro atoms. The number of carbonyl (C=O) groups excluding carboxylic acids is 1. The monoisotopic (exact) mass is 434 g/mol. The van der Waals surface area contributed by atoms with Crippen LogP contribution in [0.2, 0.25) is 0 Å². The lowest BCUT2D eigenvalue weighted by atomic mass is 9.97. The molecule has 2 rings (SSSR count). The van der Waals surface area contributed by atoms with Gasteiger partial charge in [0, 0.05) is 18.1 Å². The van der Waals surface area contributed by atoms with Crippen LogP contribution in [0.15, 0.2) is 56.5 Å². The van der Waals surface area contributed by atoms with E-state index in [0.717, 1.165) is 29.6 Å². The summed E-state index contributed by atoms with van der Waals surface area (Å²) in [7, 11) is 1.70. The molecule has 0 fully saturated rings. The second kappa shape index (κ2) is 11.4. The Kier molecular flexibility index (Phi) is 8.91. The molecule has 0 aliphatic carbocycles. The fourth-order valence-electron chi connectivity index (χ4n) is 2.65. The third-order valence-corrected chi connectivity index (χ3v) is 4.72. The Balaban J connectivity index is 1.72. The van der Waals surface area contributed by atoms with Crippen LogP contribution >= 0.6 is 15.9 Å². The number of aliphatic imine (C=N–C) groups is 1. The molecule has 0 bridgehead atoms. The standard InChI is InChI=1S/C20H27BrN4O2/c1-3-15(10-16-6-4-7-17(21)11-16)12-24-20(22-2)25-14-19(26)23-13-18-8-5-9-27-18/h4-9,11,15H,3,10,12-14H2,1-2H3,(H,23,26)(H2,22,24,25). The molecule has 3 N–H and O–H groups in total. The molecule has 1 heterocycles. The number of rotatable bonds is 9. The Hall–Kier alpha value is -2.28. The molecule has 2 aromatic rings. The molecule has 146 valence electrons. The van der Waals surface area contributed by atoms with E-state index in [1.807, 2.05) is 12.1 Å². The summed E-state index contributed by atoms with van der Waals surface area (Å²) in [5.41, 5.74) is 1.30. The molecular formula is C20H27BrN4O2. The smallest absolute Gasteiger partial charge is 0.239 e. The van der Waals surface area contributed by atoms with Crippen molar-refractivity contribution in [3.8, 4) is 0 Å². The van der Waals surface area contributed by atoms with E-state index in [0.29, 0.717) is 18.4 Å². The molecule has 0 aliphatic heterocycles. The first kappa shape index (κ1) is 21.0. The minimum Gasteiger partial charge on any atom is -0.467 e. The summed E-state index contributed by atoms with van der Waals surface area (Å²) >= 11 is 3.52. The highest BCUT2D eigenvalue weighted by Gasteiger charge is 2.10. The van der Waals surface area contributed by atoms with Crippen LogP contribution in [0.3, 0.4) is 0 Å². The molecule has 0 saturated heterocycles. The van der Waals surface area contributed by atoms with Crippen LogP contribution in [-0.4, -0.2) is 32.0 Å². The summed E-state index contributed by atoms with van der Waals surface area (Å²) in [6.45, 7) is 3.51. The maximum absolute atomic E-state index is 11.9. The predicted molar refractivity (Wildman–Crippen MR) is 112 cm³/mol. The third-order valence-electron chi connectivity index (χ3n) is 4.23. The first-order valence-electron chi connectivity index (χ1n) is 9.08. The molecule has 1 aromatic carbocycles. The van der Waals surface area contributed by atoms with Gasteiger partial charge in [-0.1, -0.05) is 41.4 Å². The number of furan rings is 1. The largest absolute Gasteiger partial charge is 0.467 e. The molecule has 1 amide bonds. The van der Waals surface area contributed by atoms with Crippen molar-refractivity contribution in [3.05, 3.63) is 58.5 Å². The quantitative estimate of drug-likeness (QED) is 0.418. The molecule has 27 heavy (non-hydrogen) atoms. The Morgan fingerprint density at radius 2 is 2.07 bits per heavy atom. The van der Waals surface area contributed by atoms with Crippen LogP contribution in [0.1, 0.15) is 24.7 Å². The summed E-state index contributed by atoms with van der Waals surface area (Å²) in [5, 5.41) is 9.15. The highest BCUT2D eigenvalue weighted by atomic mass is 79.9. The van der Waals surface area contributed by atoms with E-state index < -0.39 is 0 Å². The van der Waals surface area contributed by atoms with Gasteiger partial charge in [0.15, 0.2) is 5.96 Å². The number of benzene rings is 1. The normalized spacial score (nSPS) is 12.5. The van der Waals surface area contributed by atoms with Crippen molar-refractivity contribution >= 4 is 27.8 Å². The van der Waals surface area contributed by atoms with Gasteiger partial charge >= 0.3 is 0 Å². The minimum absolute atomic E-state index is 0.115. The van der Waals surface area contributed by atoms with E-state index in [2.05, 4.69) is 62.0 Å². The van der Waals surface area contributed by atoms with Gasteiger partial charge in [-0.15, -0.1) is 0 Å². The number of carbonyl (C=O) groups is 1. The summed E-state index contributed by atoms with van der Waals surface area (Å²) in [6, 6.07) is 12.0. The number of halogens is 1. The Morgan fingerprint density at radius 1 is 1.22 bits per heavy atom. The minimum atomic E-state index is -0.115. The van der Waals surface area contributed by atoms with Crippen molar-refractivity contribution < 1.29 is 9.21 Å². The molecule has 0 radical (unpaired) electrons. The number of amides is 1. The summed E-state index contributed by atoms with van der Waals surface area (Å²) < 4.78 is 6.29. The van der Waals surface area contributed by atoms with Crippen molar-refractivity contribution in [2.45, 2.75) is 26.3 Å². The maximum Gasteiger partial charge on any atom is 0.239 e. The van der Waals surface area contributed by atoms with Gasteiger partial charge in [-0.25, -0.2) is 0 Å². The summed E-state index contributed by atoms with van der Waals surface area (Å²) in [5.74, 6) is 1.71. The average Bonchev–Trinajstić information content (AvgIpc) is 3.19. The van der Waals surface area contributed by atoms with Gasteiger partial charge in [0.05, 0.1) is 19.4 Å². The van der Waals surface area contributed by atoms with Gasteiger partial charge in [-0.05, 0) is 42.2 Å². The topological polar surface area (TPSA) is 78.7 Å². The van der Waals surface area contributed by atoms with Crippen LogP contribution < -0.4 is 16.0 Å². The van der Waals surface area contributed by atoms with E-state index in [1.54, 1.807) is 19.4 Å². The number of nitrogens with zero attached hydrogens (tertiary/aromatic N) is 1. The van der Waals surface area contributed by atoms with Gasteiger partial charge < -0.3 is 20.4 Å². The first-order chi connectivity index (χ1) is 13.1. The van der Waals surface area contributed by atoms with E-state index in [9.17, 15) is 4.79 Å². The lowest BCUT2D eigenvalue weighted by molar-refractivity contribution is -0.120. The van der Waals surface area contributed by atoms with Crippen LogP contribution in [0.25, 0.3) is 0 Å². The fraction of sp³-hybridized carbons (Fsp3) is 0.400. The predicted octanol–water partition coefficient (Wildman–Crippen LogP) is 3.09. The van der Waals surface area contributed by atoms with Gasteiger partial charge in [0.2, 0.25) is 5.91 Å². The van der Waals surface area contributed by atoms with E-state index >= 15 is 0 Å². The van der Waals surface area contributed by atoms with Crippen molar-refractivity contribution in [2.24, 2.45) is 10.9 Å². The lowest BCUT2D eigenvalue weighted by Crippen LogP contribution is -2.44. The molecule has 1 aromatic heterocycles. The first-order valence-corrected chi connectivity index (χ1v) is 9.88. The van der Waals surface area contributed by atoms with Crippen LogP contribution in [0, 0.1) is 5.92 Å². The molecule has 0 aliphatic rings. The Bertz CT molecular complexity index is 731. The van der Waals surface area contributed by atoms with Crippen LogP contribution in [0.4, 0.5) is 0 Å². The molecule has 1 unspecified atom stereocenters. The second-order valence-electron chi connectivity index (χ2n) is 6.27. The number of nitrogens with one attached hydrogen (secondary N) is 3. The SMILES string of the molecule is CCC(CNC(=NC)NCC(=O)NCc1ccco1)Cc1cccc(Br)c1. The number of hydrogen-bond donors (Lipinski definition) is 3. The highest BCUT2D eigenvalue weighted by Crippen LogP contribution is 2.16. The zero-order chi connectivity index (χ0) is 19.5. The van der Waals surface area contributed by atoms with Crippen LogP contribution in [-0.2, 0) is 17.8 Å².